The van der Waals surface area contributed by atoms with Crippen molar-refractivity contribution < 1.29 is 4.79 Å². The van der Waals surface area contributed by atoms with Crippen molar-refractivity contribution in [3.05, 3.63) is 54.0 Å². The van der Waals surface area contributed by atoms with Crippen LogP contribution in [0.4, 0.5) is 11.4 Å². The number of hydrogen-bond donors (Lipinski definition) is 1. The fourth-order valence-corrected chi connectivity index (χ4v) is 3.11. The molecule has 0 aliphatic carbocycles. The Morgan fingerprint density at radius 2 is 1.88 bits per heavy atom. The van der Waals surface area contributed by atoms with E-state index >= 15 is 0 Å². The maximum absolute atomic E-state index is 12.5. The van der Waals surface area contributed by atoms with Crippen molar-refractivity contribution in [3.8, 4) is 0 Å². The maximum atomic E-state index is 12.5. The molecule has 0 bridgehead atoms. The molecule has 0 atom stereocenters. The molecule has 0 unspecified atom stereocenters. The zero-order valence-electron chi connectivity index (χ0n) is 13.6. The highest BCUT2D eigenvalue weighted by atomic mass is 16.1. The summed E-state index contributed by atoms with van der Waals surface area (Å²) >= 11 is 0. The molecule has 1 N–H and O–H groups in total. The first-order valence-electron chi connectivity index (χ1n) is 8.18. The Hall–Kier alpha value is -2.89. The van der Waals surface area contributed by atoms with Gasteiger partial charge in [-0.3, -0.25) is 4.79 Å². The van der Waals surface area contributed by atoms with E-state index < -0.39 is 0 Å². The fourth-order valence-electron chi connectivity index (χ4n) is 3.11. The van der Waals surface area contributed by atoms with Gasteiger partial charge in [-0.05, 0) is 50.1 Å². The normalized spacial score (nSPS) is 14.3. The number of fused-ring (bicyclic) bond motifs is 1. The number of nitrogens with one attached hydrogen (secondary N) is 1. The van der Waals surface area contributed by atoms with Crippen molar-refractivity contribution in [3.63, 3.8) is 0 Å². The summed E-state index contributed by atoms with van der Waals surface area (Å²) < 4.78 is 1.71. The second-order valence-electron chi connectivity index (χ2n) is 6.08. The number of carbonyl (C=O) groups is 1. The van der Waals surface area contributed by atoms with Crippen LogP contribution in [0.2, 0.25) is 0 Å². The van der Waals surface area contributed by atoms with Crippen LogP contribution in [-0.4, -0.2) is 33.6 Å². The van der Waals surface area contributed by atoms with Crippen LogP contribution in [0.25, 0.3) is 5.65 Å². The number of nitrogens with zero attached hydrogens (tertiary/aromatic N) is 4. The lowest BCUT2D eigenvalue weighted by Crippen LogP contribution is -2.18. The molecular weight excluding hydrogens is 302 g/mol. The lowest BCUT2D eigenvalue weighted by molar-refractivity contribution is 0.102. The third kappa shape index (κ3) is 2.71. The summed E-state index contributed by atoms with van der Waals surface area (Å²) in [7, 11) is 0. The van der Waals surface area contributed by atoms with Gasteiger partial charge in [0.15, 0.2) is 5.65 Å². The highest BCUT2D eigenvalue weighted by Gasteiger charge is 2.13. The van der Waals surface area contributed by atoms with Gasteiger partial charge in [0.25, 0.3) is 5.91 Å². The van der Waals surface area contributed by atoms with Crippen LogP contribution in [-0.2, 0) is 0 Å². The van der Waals surface area contributed by atoms with Crippen LogP contribution < -0.4 is 10.2 Å². The topological polar surface area (TPSA) is 62.5 Å². The minimum atomic E-state index is -0.212. The van der Waals surface area contributed by atoms with Gasteiger partial charge in [0.05, 0.1) is 6.20 Å². The number of hydrogen-bond acceptors (Lipinski definition) is 4. The van der Waals surface area contributed by atoms with Crippen molar-refractivity contribution in [2.24, 2.45) is 0 Å². The lowest BCUT2D eigenvalue weighted by Gasteiger charge is -2.17. The molecule has 2 aromatic heterocycles. The van der Waals surface area contributed by atoms with Crippen LogP contribution in [0.1, 0.15) is 29.0 Å². The van der Waals surface area contributed by atoms with Gasteiger partial charge in [-0.15, -0.1) is 0 Å². The number of amides is 1. The molecule has 6 nitrogen and oxygen atoms in total. The molecular formula is C18H19N5O. The van der Waals surface area contributed by atoms with Crippen LogP contribution >= 0.6 is 0 Å². The SMILES string of the molecule is Cc1cc(C(=O)Nc2ccc(N3CCCC3)cc2)nc2ccnn12. The van der Waals surface area contributed by atoms with Crippen molar-refractivity contribution in [2.75, 3.05) is 23.3 Å². The van der Waals surface area contributed by atoms with Crippen molar-refractivity contribution in [1.82, 2.24) is 14.6 Å². The number of anilines is 2. The number of aryl methyl sites for hydroxylation is 1. The molecule has 1 fully saturated rings. The predicted molar refractivity (Wildman–Crippen MR) is 93.6 cm³/mol. The first-order chi connectivity index (χ1) is 11.7. The molecule has 6 heteroatoms. The lowest BCUT2D eigenvalue weighted by atomic mass is 10.2. The summed E-state index contributed by atoms with van der Waals surface area (Å²) in [5, 5.41) is 7.08. The van der Waals surface area contributed by atoms with Crippen LogP contribution in [0.3, 0.4) is 0 Å². The van der Waals surface area contributed by atoms with E-state index in [0.717, 1.165) is 24.5 Å². The first kappa shape index (κ1) is 14.7. The average molecular weight is 321 g/mol. The Morgan fingerprint density at radius 1 is 1.12 bits per heavy atom. The van der Waals surface area contributed by atoms with Gasteiger partial charge in [-0.2, -0.15) is 5.10 Å². The molecule has 122 valence electrons. The molecule has 24 heavy (non-hydrogen) atoms. The van der Waals surface area contributed by atoms with E-state index in [2.05, 4.69) is 32.4 Å². The average Bonchev–Trinajstić information content (AvgIpc) is 3.27. The van der Waals surface area contributed by atoms with Crippen LogP contribution in [0.15, 0.2) is 42.6 Å². The van der Waals surface area contributed by atoms with E-state index in [-0.39, 0.29) is 5.91 Å². The summed E-state index contributed by atoms with van der Waals surface area (Å²) in [6.07, 6.45) is 4.18. The Labute approximate surface area is 140 Å². The van der Waals surface area contributed by atoms with Crippen molar-refractivity contribution in [2.45, 2.75) is 19.8 Å². The monoisotopic (exact) mass is 321 g/mol. The van der Waals surface area contributed by atoms with E-state index in [0.29, 0.717) is 11.3 Å². The zero-order valence-corrected chi connectivity index (χ0v) is 13.6. The minimum Gasteiger partial charge on any atom is -0.372 e. The standard InChI is InChI=1S/C18H19N5O/c1-13-12-16(21-17-8-9-19-23(13)17)18(24)20-14-4-6-15(7-5-14)22-10-2-3-11-22/h4-9,12H,2-3,10-11H2,1H3,(H,20,24). The molecule has 0 saturated carbocycles. The van der Waals surface area contributed by atoms with Crippen LogP contribution in [0.5, 0.6) is 0 Å². The second kappa shape index (κ2) is 5.96. The van der Waals surface area contributed by atoms with Gasteiger partial charge in [0.2, 0.25) is 0 Å². The summed E-state index contributed by atoms with van der Waals surface area (Å²) in [6.45, 7) is 4.13. The number of benzene rings is 1. The third-order valence-electron chi connectivity index (χ3n) is 4.37. The molecule has 1 aromatic carbocycles. The van der Waals surface area contributed by atoms with Gasteiger partial charge in [-0.25, -0.2) is 9.50 Å². The Balaban J connectivity index is 1.52. The van der Waals surface area contributed by atoms with Gasteiger partial charge in [0, 0.05) is 36.2 Å². The van der Waals surface area contributed by atoms with Gasteiger partial charge >= 0.3 is 0 Å². The van der Waals surface area contributed by atoms with Crippen LogP contribution in [0, 0.1) is 6.92 Å². The van der Waals surface area contributed by atoms with E-state index in [9.17, 15) is 4.79 Å². The Morgan fingerprint density at radius 3 is 2.62 bits per heavy atom. The minimum absolute atomic E-state index is 0.212. The van der Waals surface area contributed by atoms with Gasteiger partial charge in [0.1, 0.15) is 5.69 Å². The van der Waals surface area contributed by atoms with Gasteiger partial charge < -0.3 is 10.2 Å². The molecule has 4 rings (SSSR count). The number of rotatable bonds is 3. The Bertz CT molecular complexity index is 878. The Kier molecular flexibility index (Phi) is 3.65. The molecule has 1 aliphatic heterocycles. The molecule has 1 amide bonds. The summed E-state index contributed by atoms with van der Waals surface area (Å²) in [5.74, 6) is -0.212. The second-order valence-corrected chi connectivity index (χ2v) is 6.08. The predicted octanol–water partition coefficient (Wildman–Crippen LogP) is 2.89. The quantitative estimate of drug-likeness (QED) is 0.806. The summed E-state index contributed by atoms with van der Waals surface area (Å²) in [4.78, 5) is 19.2. The van der Waals surface area contributed by atoms with E-state index in [1.807, 2.05) is 19.1 Å². The fraction of sp³-hybridized carbons (Fsp3) is 0.278. The zero-order chi connectivity index (χ0) is 16.5. The van der Waals surface area contributed by atoms with E-state index in [4.69, 9.17) is 0 Å². The largest absolute Gasteiger partial charge is 0.372 e. The first-order valence-corrected chi connectivity index (χ1v) is 8.18. The van der Waals surface area contributed by atoms with E-state index in [1.165, 1.54) is 18.5 Å². The molecule has 0 spiro atoms. The number of aromatic nitrogens is 3. The molecule has 0 radical (unpaired) electrons. The third-order valence-corrected chi connectivity index (χ3v) is 4.37. The molecule has 1 saturated heterocycles. The molecule has 3 heterocycles. The molecule has 1 aliphatic rings. The summed E-state index contributed by atoms with van der Waals surface area (Å²) in [5.41, 5.74) is 3.92. The highest BCUT2D eigenvalue weighted by Crippen LogP contribution is 2.22. The highest BCUT2D eigenvalue weighted by molar-refractivity contribution is 6.03. The number of carbonyl (C=O) groups excluding carboxylic acids is 1. The van der Waals surface area contributed by atoms with Gasteiger partial charge in [-0.1, -0.05) is 0 Å². The molecule has 3 aromatic rings. The van der Waals surface area contributed by atoms with Crippen molar-refractivity contribution in [1.29, 1.82) is 0 Å². The maximum Gasteiger partial charge on any atom is 0.274 e. The van der Waals surface area contributed by atoms with E-state index in [1.54, 1.807) is 22.8 Å². The van der Waals surface area contributed by atoms with Crippen molar-refractivity contribution >= 4 is 22.9 Å². The summed E-state index contributed by atoms with van der Waals surface area (Å²) in [6, 6.07) is 11.5. The smallest absolute Gasteiger partial charge is 0.274 e.